The summed E-state index contributed by atoms with van der Waals surface area (Å²) in [5.41, 5.74) is 3.57. The van der Waals surface area contributed by atoms with Crippen LogP contribution in [0, 0.1) is 0 Å². The van der Waals surface area contributed by atoms with E-state index in [0.717, 1.165) is 5.56 Å². The first-order valence-corrected chi connectivity index (χ1v) is 9.46. The minimum Gasteiger partial charge on any atom is -0.478 e. The predicted octanol–water partition coefficient (Wildman–Crippen LogP) is 2.76. The van der Waals surface area contributed by atoms with Gasteiger partial charge >= 0.3 is 5.97 Å². The van der Waals surface area contributed by atoms with Crippen LogP contribution in [0.25, 0.3) is 0 Å². The van der Waals surface area contributed by atoms with Crippen LogP contribution in [-0.2, 0) is 29.1 Å². The van der Waals surface area contributed by atoms with Crippen molar-refractivity contribution in [1.82, 2.24) is 10.2 Å². The highest BCUT2D eigenvalue weighted by Crippen LogP contribution is 2.22. The number of carboxylic acids is 1. The molecule has 1 aliphatic rings. The standard InChI is InChI=1S/C22H24N2O4/c25-20(12-9-16-7-10-17(11-8-16)22(27)28)23-13-3-6-21(26)24-14-18-4-1-2-5-19(18)15-24/h1-2,4-5,7-8,10-11H,3,6,9,12-15H2,(H,23,25)(H,27,28). The van der Waals surface area contributed by atoms with Gasteiger partial charge in [0.15, 0.2) is 0 Å². The maximum absolute atomic E-state index is 12.3. The molecule has 0 atom stereocenters. The molecule has 0 spiro atoms. The number of rotatable bonds is 8. The number of nitrogens with one attached hydrogen (secondary N) is 1. The van der Waals surface area contributed by atoms with Gasteiger partial charge in [0.1, 0.15) is 0 Å². The second-order valence-corrected chi connectivity index (χ2v) is 6.97. The first-order chi connectivity index (χ1) is 13.5. The van der Waals surface area contributed by atoms with Crippen LogP contribution in [0.5, 0.6) is 0 Å². The van der Waals surface area contributed by atoms with E-state index in [1.165, 1.54) is 23.3 Å². The summed E-state index contributed by atoms with van der Waals surface area (Å²) in [7, 11) is 0. The number of hydrogen-bond acceptors (Lipinski definition) is 3. The molecule has 1 aliphatic heterocycles. The zero-order valence-corrected chi connectivity index (χ0v) is 15.7. The highest BCUT2D eigenvalue weighted by molar-refractivity contribution is 5.87. The van der Waals surface area contributed by atoms with Crippen molar-refractivity contribution in [3.05, 3.63) is 70.8 Å². The number of aromatic carboxylic acids is 1. The first kappa shape index (κ1) is 19.6. The maximum Gasteiger partial charge on any atom is 0.335 e. The monoisotopic (exact) mass is 380 g/mol. The molecule has 0 saturated heterocycles. The summed E-state index contributed by atoms with van der Waals surface area (Å²) < 4.78 is 0. The summed E-state index contributed by atoms with van der Waals surface area (Å²) in [6.07, 6.45) is 1.92. The van der Waals surface area contributed by atoms with Gasteiger partial charge in [0, 0.05) is 32.5 Å². The Morgan fingerprint density at radius 3 is 2.18 bits per heavy atom. The van der Waals surface area contributed by atoms with Gasteiger partial charge in [-0.25, -0.2) is 4.79 Å². The molecule has 3 rings (SSSR count). The fourth-order valence-electron chi connectivity index (χ4n) is 3.30. The molecular formula is C22H24N2O4. The molecule has 0 bridgehead atoms. The summed E-state index contributed by atoms with van der Waals surface area (Å²) >= 11 is 0. The van der Waals surface area contributed by atoms with E-state index in [4.69, 9.17) is 5.11 Å². The molecular weight excluding hydrogens is 356 g/mol. The molecule has 2 N–H and O–H groups in total. The number of fused-ring (bicyclic) bond motifs is 1. The van der Waals surface area contributed by atoms with E-state index in [1.54, 1.807) is 12.1 Å². The number of aryl methyl sites for hydroxylation is 1. The van der Waals surface area contributed by atoms with Crippen LogP contribution in [0.3, 0.4) is 0 Å². The van der Waals surface area contributed by atoms with Crippen molar-refractivity contribution in [1.29, 1.82) is 0 Å². The largest absolute Gasteiger partial charge is 0.478 e. The predicted molar refractivity (Wildman–Crippen MR) is 105 cm³/mol. The molecule has 0 radical (unpaired) electrons. The molecule has 6 nitrogen and oxygen atoms in total. The van der Waals surface area contributed by atoms with E-state index in [-0.39, 0.29) is 17.4 Å². The van der Waals surface area contributed by atoms with Crippen LogP contribution in [-0.4, -0.2) is 34.3 Å². The normalized spacial score (nSPS) is 12.5. The topological polar surface area (TPSA) is 86.7 Å². The van der Waals surface area contributed by atoms with Crippen molar-refractivity contribution in [2.75, 3.05) is 6.54 Å². The van der Waals surface area contributed by atoms with Crippen molar-refractivity contribution in [2.45, 2.75) is 38.8 Å². The summed E-state index contributed by atoms with van der Waals surface area (Å²) in [6, 6.07) is 14.6. The molecule has 2 amide bonds. The molecule has 1 heterocycles. The van der Waals surface area contributed by atoms with Crippen LogP contribution < -0.4 is 5.32 Å². The van der Waals surface area contributed by atoms with Crippen LogP contribution in [0.2, 0.25) is 0 Å². The number of benzene rings is 2. The number of hydrogen-bond donors (Lipinski definition) is 2. The number of carboxylic acid groups (broad SMARTS) is 1. The first-order valence-electron chi connectivity index (χ1n) is 9.46. The van der Waals surface area contributed by atoms with Crippen LogP contribution in [0.4, 0.5) is 0 Å². The zero-order chi connectivity index (χ0) is 19.9. The van der Waals surface area contributed by atoms with Gasteiger partial charge in [-0.1, -0.05) is 36.4 Å². The molecule has 0 fully saturated rings. The van der Waals surface area contributed by atoms with Crippen LogP contribution in [0.15, 0.2) is 48.5 Å². The van der Waals surface area contributed by atoms with Crippen LogP contribution in [0.1, 0.15) is 46.3 Å². The Morgan fingerprint density at radius 1 is 0.929 bits per heavy atom. The smallest absolute Gasteiger partial charge is 0.335 e. The van der Waals surface area contributed by atoms with Gasteiger partial charge in [0.25, 0.3) is 0 Å². The molecule has 146 valence electrons. The lowest BCUT2D eigenvalue weighted by molar-refractivity contribution is -0.132. The summed E-state index contributed by atoms with van der Waals surface area (Å²) in [5.74, 6) is -0.913. The van der Waals surface area contributed by atoms with Crippen molar-refractivity contribution >= 4 is 17.8 Å². The van der Waals surface area contributed by atoms with Gasteiger partial charge in [0.2, 0.25) is 11.8 Å². The molecule has 0 saturated carbocycles. The molecule has 28 heavy (non-hydrogen) atoms. The van der Waals surface area contributed by atoms with Crippen molar-refractivity contribution in [2.24, 2.45) is 0 Å². The lowest BCUT2D eigenvalue weighted by Gasteiger charge is -2.15. The molecule has 6 heteroatoms. The number of carbonyl (C=O) groups excluding carboxylic acids is 2. The Morgan fingerprint density at radius 2 is 1.57 bits per heavy atom. The molecule has 0 aliphatic carbocycles. The second-order valence-electron chi connectivity index (χ2n) is 6.97. The van der Waals surface area contributed by atoms with E-state index >= 15 is 0 Å². The third-order valence-electron chi connectivity index (χ3n) is 4.92. The maximum atomic E-state index is 12.3. The molecule has 0 unspecified atom stereocenters. The van der Waals surface area contributed by atoms with E-state index in [1.807, 2.05) is 17.0 Å². The third-order valence-corrected chi connectivity index (χ3v) is 4.92. The summed E-state index contributed by atoms with van der Waals surface area (Å²) in [6.45, 7) is 1.81. The Labute approximate surface area is 164 Å². The van der Waals surface area contributed by atoms with E-state index < -0.39 is 5.97 Å². The van der Waals surface area contributed by atoms with Crippen molar-refractivity contribution in [3.8, 4) is 0 Å². The van der Waals surface area contributed by atoms with E-state index in [9.17, 15) is 14.4 Å². The van der Waals surface area contributed by atoms with Gasteiger partial charge in [0.05, 0.1) is 5.56 Å². The van der Waals surface area contributed by atoms with Gasteiger partial charge in [-0.15, -0.1) is 0 Å². The van der Waals surface area contributed by atoms with Gasteiger partial charge in [-0.2, -0.15) is 0 Å². The summed E-state index contributed by atoms with van der Waals surface area (Å²) in [5, 5.41) is 11.7. The lowest BCUT2D eigenvalue weighted by atomic mass is 10.1. The Balaban J connectivity index is 1.31. The highest BCUT2D eigenvalue weighted by Gasteiger charge is 2.22. The lowest BCUT2D eigenvalue weighted by Crippen LogP contribution is -2.28. The Hall–Kier alpha value is -3.15. The summed E-state index contributed by atoms with van der Waals surface area (Å²) in [4.78, 5) is 36.9. The minimum absolute atomic E-state index is 0.0664. The minimum atomic E-state index is -0.961. The Bertz CT molecular complexity index is 836. The van der Waals surface area contributed by atoms with Gasteiger partial charge < -0.3 is 15.3 Å². The Kier molecular flexibility index (Phi) is 6.42. The van der Waals surface area contributed by atoms with Gasteiger partial charge in [-0.3, -0.25) is 9.59 Å². The zero-order valence-electron chi connectivity index (χ0n) is 15.7. The number of carbonyl (C=O) groups is 3. The van der Waals surface area contributed by atoms with Crippen LogP contribution >= 0.6 is 0 Å². The van der Waals surface area contributed by atoms with Crippen molar-refractivity contribution < 1.29 is 19.5 Å². The quantitative estimate of drug-likeness (QED) is 0.690. The molecule has 0 aromatic heterocycles. The third kappa shape index (κ3) is 5.19. The van der Waals surface area contributed by atoms with E-state index in [0.29, 0.717) is 45.3 Å². The number of amides is 2. The highest BCUT2D eigenvalue weighted by atomic mass is 16.4. The SMILES string of the molecule is O=C(CCc1ccc(C(=O)O)cc1)NCCCC(=O)N1Cc2ccccc2C1. The molecule has 2 aromatic carbocycles. The van der Waals surface area contributed by atoms with E-state index in [2.05, 4.69) is 17.4 Å². The molecule has 2 aromatic rings. The second kappa shape index (κ2) is 9.17. The van der Waals surface area contributed by atoms with Gasteiger partial charge in [-0.05, 0) is 41.7 Å². The van der Waals surface area contributed by atoms with Crippen molar-refractivity contribution in [3.63, 3.8) is 0 Å². The number of nitrogens with zero attached hydrogens (tertiary/aromatic N) is 1. The average Bonchev–Trinajstić information content (AvgIpc) is 3.14. The fourth-order valence-corrected chi connectivity index (χ4v) is 3.30. The average molecular weight is 380 g/mol. The fraction of sp³-hybridized carbons (Fsp3) is 0.318.